The first-order valence-electron chi connectivity index (χ1n) is 2.71. The third-order valence-electron chi connectivity index (χ3n) is 1.03. The van der Waals surface area contributed by atoms with Gasteiger partial charge >= 0.3 is 0 Å². The van der Waals surface area contributed by atoms with Crippen LogP contribution in [0.3, 0.4) is 0 Å². The fraction of sp³-hybridized carbons (Fsp3) is 0.800. The number of rotatable bonds is 0. The molecule has 0 amide bonds. The molecule has 9 heavy (non-hydrogen) atoms. The van der Waals surface area contributed by atoms with Crippen molar-refractivity contribution in [3.05, 3.63) is 0 Å². The van der Waals surface area contributed by atoms with E-state index in [-0.39, 0.29) is 6.04 Å². The highest BCUT2D eigenvalue weighted by Crippen LogP contribution is 2.01. The van der Waals surface area contributed by atoms with Crippen LogP contribution in [0.1, 0.15) is 0 Å². The standard InChI is InChI=1S/C5H8N2O2/c6-1-5-8-2-4(7)3-9-5/h4-5H,2-3,7H2. The van der Waals surface area contributed by atoms with E-state index in [9.17, 15) is 0 Å². The van der Waals surface area contributed by atoms with Crippen LogP contribution in [0.5, 0.6) is 0 Å². The summed E-state index contributed by atoms with van der Waals surface area (Å²) in [6.45, 7) is 0.830. The zero-order valence-electron chi connectivity index (χ0n) is 4.91. The predicted octanol–water partition coefficient (Wildman–Crippen LogP) is -0.790. The third kappa shape index (κ3) is 1.64. The van der Waals surface area contributed by atoms with E-state index in [4.69, 9.17) is 20.5 Å². The Morgan fingerprint density at radius 3 is 2.44 bits per heavy atom. The Morgan fingerprint density at radius 1 is 1.44 bits per heavy atom. The molecule has 1 aliphatic heterocycles. The van der Waals surface area contributed by atoms with Gasteiger partial charge in [-0.25, -0.2) is 0 Å². The van der Waals surface area contributed by atoms with Gasteiger partial charge in [-0.1, -0.05) is 0 Å². The molecule has 4 heteroatoms. The fourth-order valence-electron chi connectivity index (χ4n) is 0.593. The minimum absolute atomic E-state index is 0.0744. The van der Waals surface area contributed by atoms with Crippen LogP contribution in [0.4, 0.5) is 0 Å². The van der Waals surface area contributed by atoms with Gasteiger partial charge in [0, 0.05) is 0 Å². The van der Waals surface area contributed by atoms with Gasteiger partial charge in [-0.3, -0.25) is 0 Å². The van der Waals surface area contributed by atoms with Crippen molar-refractivity contribution >= 4 is 0 Å². The van der Waals surface area contributed by atoms with Crippen molar-refractivity contribution in [3.63, 3.8) is 0 Å². The number of nitrogens with two attached hydrogens (primary N) is 1. The van der Waals surface area contributed by atoms with Gasteiger partial charge in [0.25, 0.3) is 0 Å². The molecule has 4 nitrogen and oxygen atoms in total. The van der Waals surface area contributed by atoms with Gasteiger partial charge in [0.2, 0.25) is 6.29 Å². The van der Waals surface area contributed by atoms with Gasteiger partial charge in [-0.05, 0) is 0 Å². The van der Waals surface area contributed by atoms with Gasteiger partial charge in [-0.15, -0.1) is 0 Å². The highest BCUT2D eigenvalue weighted by Gasteiger charge is 2.17. The van der Waals surface area contributed by atoms with E-state index in [2.05, 4.69) is 0 Å². The first-order chi connectivity index (χ1) is 4.33. The van der Waals surface area contributed by atoms with Crippen molar-refractivity contribution in [1.29, 1.82) is 5.26 Å². The molecular weight excluding hydrogens is 120 g/mol. The van der Waals surface area contributed by atoms with E-state index >= 15 is 0 Å². The van der Waals surface area contributed by atoms with Gasteiger partial charge in [0.1, 0.15) is 6.07 Å². The average molecular weight is 128 g/mol. The first-order valence-corrected chi connectivity index (χ1v) is 2.71. The summed E-state index contributed by atoms with van der Waals surface area (Å²) in [5, 5.41) is 8.24. The Bertz CT molecular complexity index is 123. The molecule has 1 aliphatic rings. The quantitative estimate of drug-likeness (QED) is 0.464. The molecule has 0 spiro atoms. The predicted molar refractivity (Wildman–Crippen MR) is 29.3 cm³/mol. The van der Waals surface area contributed by atoms with Gasteiger partial charge in [0.15, 0.2) is 0 Å². The molecule has 0 atom stereocenters. The van der Waals surface area contributed by atoms with E-state index in [0.29, 0.717) is 13.2 Å². The highest BCUT2D eigenvalue weighted by molar-refractivity contribution is 4.79. The van der Waals surface area contributed by atoms with Crippen LogP contribution >= 0.6 is 0 Å². The molecule has 2 N–H and O–H groups in total. The second-order valence-corrected chi connectivity index (χ2v) is 1.89. The van der Waals surface area contributed by atoms with Crippen molar-refractivity contribution in [2.45, 2.75) is 12.3 Å². The highest BCUT2D eigenvalue weighted by atomic mass is 16.7. The zero-order chi connectivity index (χ0) is 6.69. The summed E-state index contributed by atoms with van der Waals surface area (Å²) in [6.07, 6.45) is -0.704. The lowest BCUT2D eigenvalue weighted by Crippen LogP contribution is -2.40. The molecule has 0 aromatic carbocycles. The third-order valence-corrected chi connectivity index (χ3v) is 1.03. The smallest absolute Gasteiger partial charge is 0.248 e. The first kappa shape index (κ1) is 6.49. The maximum absolute atomic E-state index is 8.24. The van der Waals surface area contributed by atoms with Gasteiger partial charge < -0.3 is 15.2 Å². The Labute approximate surface area is 53.2 Å². The second-order valence-electron chi connectivity index (χ2n) is 1.89. The maximum Gasteiger partial charge on any atom is 0.248 e. The Hall–Kier alpha value is -0.630. The van der Waals surface area contributed by atoms with Crippen molar-refractivity contribution in [1.82, 2.24) is 0 Å². The second kappa shape index (κ2) is 2.78. The maximum atomic E-state index is 8.24. The fourth-order valence-corrected chi connectivity index (χ4v) is 0.593. The molecule has 50 valence electrons. The zero-order valence-corrected chi connectivity index (χ0v) is 4.91. The lowest BCUT2D eigenvalue weighted by molar-refractivity contribution is -0.153. The van der Waals surface area contributed by atoms with Crippen LogP contribution < -0.4 is 5.73 Å². The monoisotopic (exact) mass is 128 g/mol. The molecule has 0 radical (unpaired) electrons. The summed E-state index contributed by atoms with van der Waals surface area (Å²) >= 11 is 0. The summed E-state index contributed by atoms with van der Waals surface area (Å²) in [6, 6.07) is 1.75. The average Bonchev–Trinajstić information content (AvgIpc) is 1.90. The minimum Gasteiger partial charge on any atom is -0.339 e. The Balaban J connectivity index is 2.28. The van der Waals surface area contributed by atoms with Crippen LogP contribution in [0.25, 0.3) is 0 Å². The van der Waals surface area contributed by atoms with Crippen LogP contribution in [0.2, 0.25) is 0 Å². The lowest BCUT2D eigenvalue weighted by Gasteiger charge is -2.22. The summed E-state index contributed by atoms with van der Waals surface area (Å²) in [5.41, 5.74) is 5.39. The van der Waals surface area contributed by atoms with Crippen molar-refractivity contribution in [2.75, 3.05) is 13.2 Å². The molecule has 0 saturated carbocycles. The van der Waals surface area contributed by atoms with E-state index in [1.807, 2.05) is 6.07 Å². The molecule has 1 rings (SSSR count). The molecule has 1 heterocycles. The number of hydrogen-bond acceptors (Lipinski definition) is 4. The normalized spacial score (nSPS) is 35.6. The molecule has 0 aliphatic carbocycles. The molecule has 1 fully saturated rings. The number of ether oxygens (including phenoxy) is 2. The Kier molecular flexibility index (Phi) is 2.01. The molecule has 0 unspecified atom stereocenters. The molecule has 0 aromatic rings. The van der Waals surface area contributed by atoms with Gasteiger partial charge in [0.05, 0.1) is 19.3 Å². The molecule has 0 aromatic heterocycles. The van der Waals surface area contributed by atoms with Crippen molar-refractivity contribution < 1.29 is 9.47 Å². The summed E-state index contributed by atoms with van der Waals surface area (Å²) < 4.78 is 9.66. The van der Waals surface area contributed by atoms with E-state index in [0.717, 1.165) is 0 Å². The number of nitriles is 1. The molecule has 1 saturated heterocycles. The van der Waals surface area contributed by atoms with Crippen LogP contribution in [-0.4, -0.2) is 25.5 Å². The molecule has 0 bridgehead atoms. The SMILES string of the molecule is N#CC1OCC(N)CO1. The summed E-state index contributed by atoms with van der Waals surface area (Å²) in [5.74, 6) is 0. The largest absolute Gasteiger partial charge is 0.339 e. The van der Waals surface area contributed by atoms with Crippen LogP contribution in [0.15, 0.2) is 0 Å². The van der Waals surface area contributed by atoms with E-state index < -0.39 is 6.29 Å². The van der Waals surface area contributed by atoms with Crippen LogP contribution in [0, 0.1) is 11.3 Å². The molecular formula is C5H8N2O2. The van der Waals surface area contributed by atoms with Crippen molar-refractivity contribution in [2.24, 2.45) is 5.73 Å². The minimum atomic E-state index is -0.704. The van der Waals surface area contributed by atoms with Crippen molar-refractivity contribution in [3.8, 4) is 6.07 Å². The topological polar surface area (TPSA) is 68.3 Å². The van der Waals surface area contributed by atoms with Crippen LogP contribution in [-0.2, 0) is 9.47 Å². The number of nitrogens with zero attached hydrogens (tertiary/aromatic N) is 1. The summed E-state index contributed by atoms with van der Waals surface area (Å²) in [4.78, 5) is 0. The van der Waals surface area contributed by atoms with E-state index in [1.165, 1.54) is 0 Å². The van der Waals surface area contributed by atoms with E-state index in [1.54, 1.807) is 0 Å². The summed E-state index contributed by atoms with van der Waals surface area (Å²) in [7, 11) is 0. The van der Waals surface area contributed by atoms with Gasteiger partial charge in [-0.2, -0.15) is 5.26 Å². The lowest BCUT2D eigenvalue weighted by atomic mass is 10.3. The Morgan fingerprint density at radius 2 is 2.00 bits per heavy atom. The number of hydrogen-bond donors (Lipinski definition) is 1.